The lowest BCUT2D eigenvalue weighted by Gasteiger charge is -2.15. The number of carbonyl (C=O) groups is 2. The van der Waals surface area contributed by atoms with Crippen LogP contribution in [0.1, 0.15) is 13.3 Å². The first-order valence-electron chi connectivity index (χ1n) is 5.38. The fraction of sp³-hybridized carbons (Fsp3) is 0.333. The van der Waals surface area contributed by atoms with E-state index in [-0.39, 0.29) is 29.2 Å². The highest BCUT2D eigenvalue weighted by atomic mass is 32.2. The molecule has 1 aromatic rings. The molecule has 1 heterocycles. The molecule has 1 aliphatic rings. The number of anilines is 1. The van der Waals surface area contributed by atoms with E-state index < -0.39 is 5.82 Å². The van der Waals surface area contributed by atoms with Gasteiger partial charge in [0.1, 0.15) is 5.82 Å². The largest absolute Gasteiger partial charge is 0.274 e. The highest BCUT2D eigenvalue weighted by Crippen LogP contribution is 2.30. The number of amides is 2. The van der Waals surface area contributed by atoms with Gasteiger partial charge in [0.25, 0.3) is 0 Å². The lowest BCUT2D eigenvalue weighted by molar-refractivity contribution is -0.121. The zero-order valence-corrected chi connectivity index (χ0v) is 10.2. The van der Waals surface area contributed by atoms with Gasteiger partial charge in [0.2, 0.25) is 11.8 Å². The molecule has 0 spiro atoms. The minimum atomic E-state index is -0.545. The molecule has 2 amide bonds. The van der Waals surface area contributed by atoms with Crippen molar-refractivity contribution in [3.05, 3.63) is 30.1 Å². The van der Waals surface area contributed by atoms with Crippen molar-refractivity contribution in [2.24, 2.45) is 0 Å². The summed E-state index contributed by atoms with van der Waals surface area (Å²) in [6.45, 7) is 1.92. The van der Waals surface area contributed by atoms with Gasteiger partial charge in [-0.15, -0.1) is 11.8 Å². The first-order valence-corrected chi connectivity index (χ1v) is 6.43. The molecule has 0 aromatic heterocycles. The van der Waals surface area contributed by atoms with Crippen LogP contribution in [0.5, 0.6) is 0 Å². The molecule has 5 heteroatoms. The van der Waals surface area contributed by atoms with Crippen LogP contribution in [-0.4, -0.2) is 22.8 Å². The monoisotopic (exact) mass is 253 g/mol. The number of rotatable bonds is 3. The van der Waals surface area contributed by atoms with E-state index in [1.807, 2.05) is 6.92 Å². The number of benzene rings is 1. The van der Waals surface area contributed by atoms with Crippen molar-refractivity contribution in [3.63, 3.8) is 0 Å². The molecule has 90 valence electrons. The van der Waals surface area contributed by atoms with Crippen molar-refractivity contribution in [1.29, 1.82) is 0 Å². The maximum Gasteiger partial charge on any atom is 0.247 e. The van der Waals surface area contributed by atoms with Crippen molar-refractivity contribution in [2.75, 3.05) is 10.7 Å². The number of hydrogen-bond acceptors (Lipinski definition) is 3. The Morgan fingerprint density at radius 2 is 2.12 bits per heavy atom. The Labute approximate surface area is 103 Å². The molecule has 3 nitrogen and oxygen atoms in total. The third kappa shape index (κ3) is 2.20. The van der Waals surface area contributed by atoms with Crippen LogP contribution in [0.4, 0.5) is 10.1 Å². The number of nitrogens with zero attached hydrogens (tertiary/aromatic N) is 1. The predicted octanol–water partition coefficient (Wildman–Crippen LogP) is 2.21. The van der Waals surface area contributed by atoms with E-state index in [4.69, 9.17) is 0 Å². The van der Waals surface area contributed by atoms with Gasteiger partial charge in [-0.25, -0.2) is 9.29 Å². The Morgan fingerprint density at radius 1 is 1.41 bits per heavy atom. The van der Waals surface area contributed by atoms with Crippen molar-refractivity contribution in [2.45, 2.75) is 18.6 Å². The fourth-order valence-electron chi connectivity index (χ4n) is 1.82. The van der Waals surface area contributed by atoms with Gasteiger partial charge in [-0.1, -0.05) is 19.1 Å². The summed E-state index contributed by atoms with van der Waals surface area (Å²) in [6.07, 6.45) is 0.158. The van der Waals surface area contributed by atoms with Crippen molar-refractivity contribution >= 4 is 29.3 Å². The predicted molar refractivity (Wildman–Crippen MR) is 65.4 cm³/mol. The van der Waals surface area contributed by atoms with E-state index in [1.54, 1.807) is 6.07 Å². The molecular weight excluding hydrogens is 241 g/mol. The summed E-state index contributed by atoms with van der Waals surface area (Å²) in [4.78, 5) is 24.7. The Kier molecular flexibility index (Phi) is 3.47. The van der Waals surface area contributed by atoms with Gasteiger partial charge in [-0.05, 0) is 17.9 Å². The molecular formula is C12H12FNO2S. The number of halogens is 1. The lowest BCUT2D eigenvalue weighted by atomic mass is 10.3. The lowest BCUT2D eigenvalue weighted by Crippen LogP contribution is -2.31. The first-order chi connectivity index (χ1) is 8.15. The van der Waals surface area contributed by atoms with Crippen LogP contribution in [0, 0.1) is 5.82 Å². The van der Waals surface area contributed by atoms with E-state index in [0.29, 0.717) is 0 Å². The standard InChI is InChI=1S/C12H12FNO2S/c1-2-17-10-7-11(15)14(12(10)16)9-6-4-3-5-8(9)13/h3-6,10H,2,7H2,1H3/t10-/m1/s1. The van der Waals surface area contributed by atoms with E-state index in [0.717, 1.165) is 10.7 Å². The average molecular weight is 253 g/mol. The Bertz CT molecular complexity index is 464. The third-order valence-corrected chi connectivity index (χ3v) is 3.67. The van der Waals surface area contributed by atoms with Crippen LogP contribution in [0.15, 0.2) is 24.3 Å². The van der Waals surface area contributed by atoms with Gasteiger partial charge in [-0.3, -0.25) is 9.59 Å². The number of hydrogen-bond donors (Lipinski definition) is 0. The molecule has 17 heavy (non-hydrogen) atoms. The maximum absolute atomic E-state index is 13.5. The van der Waals surface area contributed by atoms with Gasteiger partial charge in [-0.2, -0.15) is 0 Å². The number of para-hydroxylation sites is 1. The van der Waals surface area contributed by atoms with Crippen LogP contribution >= 0.6 is 11.8 Å². The van der Waals surface area contributed by atoms with Crippen LogP contribution in [0.2, 0.25) is 0 Å². The molecule has 0 radical (unpaired) electrons. The summed E-state index contributed by atoms with van der Waals surface area (Å²) in [5.74, 6) is -0.427. The van der Waals surface area contributed by atoms with Crippen molar-refractivity contribution in [3.8, 4) is 0 Å². The summed E-state index contributed by atoms with van der Waals surface area (Å²) in [5.41, 5.74) is 0.0571. The second-order valence-electron chi connectivity index (χ2n) is 3.67. The summed E-state index contributed by atoms with van der Waals surface area (Å²) < 4.78 is 13.5. The van der Waals surface area contributed by atoms with Crippen molar-refractivity contribution < 1.29 is 14.0 Å². The quantitative estimate of drug-likeness (QED) is 0.775. The van der Waals surface area contributed by atoms with E-state index in [2.05, 4.69) is 0 Å². The molecule has 0 bridgehead atoms. The summed E-state index contributed by atoms with van der Waals surface area (Å²) in [5, 5.41) is -0.368. The zero-order valence-electron chi connectivity index (χ0n) is 9.35. The molecule has 0 N–H and O–H groups in total. The molecule has 0 aliphatic carbocycles. The average Bonchev–Trinajstić information content (AvgIpc) is 2.57. The van der Waals surface area contributed by atoms with Gasteiger partial charge in [0.05, 0.1) is 10.9 Å². The minimum absolute atomic E-state index is 0.0571. The number of carbonyl (C=O) groups excluding carboxylic acids is 2. The zero-order chi connectivity index (χ0) is 12.4. The minimum Gasteiger partial charge on any atom is -0.274 e. The molecule has 0 saturated carbocycles. The first kappa shape index (κ1) is 12.1. The second-order valence-corrected chi connectivity index (χ2v) is 5.15. The van der Waals surface area contributed by atoms with Gasteiger partial charge in [0, 0.05) is 6.42 Å². The van der Waals surface area contributed by atoms with Gasteiger partial charge >= 0.3 is 0 Å². The molecule has 1 saturated heterocycles. The SMILES string of the molecule is CCS[C@@H]1CC(=O)N(c2ccccc2F)C1=O. The Hall–Kier alpha value is -1.36. The summed E-state index contributed by atoms with van der Waals surface area (Å²) in [6, 6.07) is 5.84. The van der Waals surface area contributed by atoms with Crippen LogP contribution in [0.25, 0.3) is 0 Å². The third-order valence-electron chi connectivity index (χ3n) is 2.57. The highest BCUT2D eigenvalue weighted by Gasteiger charge is 2.40. The number of imide groups is 1. The Balaban J connectivity index is 2.31. The van der Waals surface area contributed by atoms with E-state index >= 15 is 0 Å². The summed E-state index contributed by atoms with van der Waals surface area (Å²) in [7, 11) is 0. The van der Waals surface area contributed by atoms with Crippen LogP contribution in [0.3, 0.4) is 0 Å². The molecule has 2 rings (SSSR count). The fourth-order valence-corrected chi connectivity index (χ4v) is 2.73. The number of thioether (sulfide) groups is 1. The van der Waals surface area contributed by atoms with Crippen LogP contribution < -0.4 is 4.90 Å². The molecule has 1 fully saturated rings. The van der Waals surface area contributed by atoms with Gasteiger partial charge in [0.15, 0.2) is 0 Å². The van der Waals surface area contributed by atoms with Crippen molar-refractivity contribution in [1.82, 2.24) is 0 Å². The summed E-state index contributed by atoms with van der Waals surface area (Å²) >= 11 is 1.42. The molecule has 1 atom stereocenters. The highest BCUT2D eigenvalue weighted by molar-refractivity contribution is 8.00. The smallest absolute Gasteiger partial charge is 0.247 e. The second kappa shape index (κ2) is 4.87. The topological polar surface area (TPSA) is 37.4 Å². The normalized spacial score (nSPS) is 20.1. The molecule has 1 aliphatic heterocycles. The van der Waals surface area contributed by atoms with E-state index in [9.17, 15) is 14.0 Å². The van der Waals surface area contributed by atoms with Gasteiger partial charge < -0.3 is 0 Å². The van der Waals surface area contributed by atoms with Crippen LogP contribution in [-0.2, 0) is 9.59 Å². The Morgan fingerprint density at radius 3 is 2.76 bits per heavy atom. The molecule has 1 aromatic carbocycles. The molecule has 0 unspecified atom stereocenters. The maximum atomic E-state index is 13.5. The van der Waals surface area contributed by atoms with E-state index in [1.165, 1.54) is 30.0 Å².